The first kappa shape index (κ1) is 12.6. The first-order valence-corrected chi connectivity index (χ1v) is 6.15. The number of carboxylic acid groups (broad SMARTS) is 1. The van der Waals surface area contributed by atoms with Gasteiger partial charge in [0, 0.05) is 19.0 Å². The van der Waals surface area contributed by atoms with E-state index in [0.29, 0.717) is 30.5 Å². The lowest BCUT2D eigenvalue weighted by atomic mass is 10.3. The molecule has 0 saturated heterocycles. The molecule has 1 saturated carbocycles. The van der Waals surface area contributed by atoms with Crippen molar-refractivity contribution in [1.82, 2.24) is 9.97 Å². The summed E-state index contributed by atoms with van der Waals surface area (Å²) in [5.74, 6) is 0.680. The third kappa shape index (κ3) is 3.32. The molecular weight excluding hydrogens is 234 g/mol. The molecule has 1 aromatic heterocycles. The zero-order valence-electron chi connectivity index (χ0n) is 10.3. The summed E-state index contributed by atoms with van der Waals surface area (Å²) in [6.07, 6.45) is 2.87. The molecule has 1 aromatic rings. The van der Waals surface area contributed by atoms with Gasteiger partial charge >= 0.3 is 5.97 Å². The van der Waals surface area contributed by atoms with Crippen molar-refractivity contribution in [2.24, 2.45) is 5.92 Å². The van der Waals surface area contributed by atoms with Gasteiger partial charge in [-0.05, 0) is 18.8 Å². The minimum absolute atomic E-state index is 0.115. The molecule has 6 heteroatoms. The monoisotopic (exact) mass is 251 g/mol. The number of aliphatic carboxylic acids is 1. The Bertz CT molecular complexity index is 494. The summed E-state index contributed by atoms with van der Waals surface area (Å²) in [6, 6.07) is 1.37. The van der Waals surface area contributed by atoms with Crippen molar-refractivity contribution >= 4 is 11.8 Å². The molecule has 2 rings (SSSR count). The van der Waals surface area contributed by atoms with Crippen LogP contribution in [0.25, 0.3) is 0 Å². The van der Waals surface area contributed by atoms with Crippen LogP contribution in [0, 0.1) is 5.92 Å². The van der Waals surface area contributed by atoms with Gasteiger partial charge in [-0.1, -0.05) is 6.92 Å². The van der Waals surface area contributed by atoms with Gasteiger partial charge in [0.25, 0.3) is 5.56 Å². The Hall–Kier alpha value is -1.85. The van der Waals surface area contributed by atoms with Crippen molar-refractivity contribution in [2.75, 3.05) is 18.0 Å². The molecule has 0 spiro atoms. The number of anilines is 1. The first-order valence-electron chi connectivity index (χ1n) is 6.15. The number of nitrogens with zero attached hydrogens (tertiary/aromatic N) is 2. The van der Waals surface area contributed by atoms with Crippen LogP contribution in [0.5, 0.6) is 0 Å². The van der Waals surface area contributed by atoms with Crippen LogP contribution in [0.1, 0.15) is 25.6 Å². The number of carbonyl (C=O) groups is 1. The van der Waals surface area contributed by atoms with E-state index >= 15 is 0 Å². The number of hydrogen-bond acceptors (Lipinski definition) is 4. The second-order valence-electron chi connectivity index (χ2n) is 4.62. The van der Waals surface area contributed by atoms with Crippen LogP contribution in [0.3, 0.4) is 0 Å². The lowest BCUT2D eigenvalue weighted by Gasteiger charge is -2.21. The quantitative estimate of drug-likeness (QED) is 0.774. The number of H-pyrrole nitrogens is 1. The van der Waals surface area contributed by atoms with Crippen LogP contribution in [0.4, 0.5) is 5.82 Å². The molecule has 2 N–H and O–H groups in total. The third-order valence-electron chi connectivity index (χ3n) is 2.94. The Morgan fingerprint density at radius 1 is 1.61 bits per heavy atom. The van der Waals surface area contributed by atoms with Crippen molar-refractivity contribution in [2.45, 2.75) is 26.2 Å². The molecule has 0 unspecified atom stereocenters. The zero-order valence-corrected chi connectivity index (χ0v) is 10.3. The number of aromatic nitrogens is 2. The van der Waals surface area contributed by atoms with Crippen molar-refractivity contribution in [3.8, 4) is 0 Å². The molecule has 0 amide bonds. The summed E-state index contributed by atoms with van der Waals surface area (Å²) in [6.45, 7) is 2.44. The fraction of sp³-hybridized carbons (Fsp3) is 0.583. The van der Waals surface area contributed by atoms with E-state index in [1.165, 1.54) is 6.07 Å². The van der Waals surface area contributed by atoms with Crippen molar-refractivity contribution in [1.29, 1.82) is 0 Å². The van der Waals surface area contributed by atoms with E-state index < -0.39 is 5.97 Å². The predicted molar refractivity (Wildman–Crippen MR) is 66.8 cm³/mol. The second-order valence-corrected chi connectivity index (χ2v) is 4.62. The Morgan fingerprint density at radius 3 is 2.89 bits per heavy atom. The van der Waals surface area contributed by atoms with Gasteiger partial charge in [-0.2, -0.15) is 0 Å². The molecule has 1 aliphatic carbocycles. The first-order chi connectivity index (χ1) is 8.58. The molecule has 98 valence electrons. The molecule has 18 heavy (non-hydrogen) atoms. The van der Waals surface area contributed by atoms with Gasteiger partial charge in [0.05, 0.1) is 0 Å². The maximum absolute atomic E-state index is 11.5. The highest BCUT2D eigenvalue weighted by Crippen LogP contribution is 2.30. The standard InChI is InChI=1S/C12H17N3O3/c1-2-9-13-10(5-11(16)14-9)15(7-12(17)18)6-8-3-4-8/h5,8H,2-4,6-7H2,1H3,(H,17,18)(H,13,14,16). The Labute approximate surface area is 105 Å². The van der Waals surface area contributed by atoms with E-state index in [1.807, 2.05) is 6.92 Å². The van der Waals surface area contributed by atoms with E-state index in [4.69, 9.17) is 5.11 Å². The summed E-state index contributed by atoms with van der Waals surface area (Å²) < 4.78 is 0. The van der Waals surface area contributed by atoms with E-state index in [9.17, 15) is 9.59 Å². The Kier molecular flexibility index (Phi) is 3.64. The fourth-order valence-electron chi connectivity index (χ4n) is 1.84. The van der Waals surface area contributed by atoms with Crippen molar-refractivity contribution < 1.29 is 9.90 Å². The minimum Gasteiger partial charge on any atom is -0.480 e. The van der Waals surface area contributed by atoms with E-state index in [1.54, 1.807) is 4.90 Å². The van der Waals surface area contributed by atoms with E-state index in [-0.39, 0.29) is 12.1 Å². The van der Waals surface area contributed by atoms with Crippen LogP contribution in [-0.4, -0.2) is 34.1 Å². The molecule has 1 fully saturated rings. The maximum atomic E-state index is 11.5. The number of aryl methyl sites for hydroxylation is 1. The molecule has 0 aliphatic heterocycles. The van der Waals surface area contributed by atoms with Crippen LogP contribution in [0.15, 0.2) is 10.9 Å². The minimum atomic E-state index is -0.907. The van der Waals surface area contributed by atoms with E-state index in [2.05, 4.69) is 9.97 Å². The smallest absolute Gasteiger partial charge is 0.323 e. The van der Waals surface area contributed by atoms with Gasteiger partial charge in [0.15, 0.2) is 0 Å². The van der Waals surface area contributed by atoms with Gasteiger partial charge in [0.1, 0.15) is 18.2 Å². The molecule has 1 heterocycles. The number of carboxylic acids is 1. The highest BCUT2D eigenvalue weighted by atomic mass is 16.4. The normalized spacial score (nSPS) is 14.5. The highest BCUT2D eigenvalue weighted by molar-refractivity contribution is 5.73. The van der Waals surface area contributed by atoms with Gasteiger partial charge in [0.2, 0.25) is 0 Å². The largest absolute Gasteiger partial charge is 0.480 e. The number of rotatable bonds is 6. The zero-order chi connectivity index (χ0) is 13.1. The van der Waals surface area contributed by atoms with Crippen molar-refractivity contribution in [3.05, 3.63) is 22.2 Å². The molecule has 6 nitrogen and oxygen atoms in total. The third-order valence-corrected chi connectivity index (χ3v) is 2.94. The fourth-order valence-corrected chi connectivity index (χ4v) is 1.84. The van der Waals surface area contributed by atoms with Crippen LogP contribution >= 0.6 is 0 Å². The summed E-state index contributed by atoms with van der Waals surface area (Å²) in [5, 5.41) is 8.92. The number of aromatic amines is 1. The van der Waals surface area contributed by atoms with Gasteiger partial charge < -0.3 is 15.0 Å². The summed E-state index contributed by atoms with van der Waals surface area (Å²) >= 11 is 0. The second kappa shape index (κ2) is 5.20. The van der Waals surface area contributed by atoms with Crippen LogP contribution in [0.2, 0.25) is 0 Å². The van der Waals surface area contributed by atoms with Crippen molar-refractivity contribution in [3.63, 3.8) is 0 Å². The lowest BCUT2D eigenvalue weighted by molar-refractivity contribution is -0.135. The molecule has 0 atom stereocenters. The summed E-state index contributed by atoms with van der Waals surface area (Å²) in [7, 11) is 0. The molecule has 0 aromatic carbocycles. The SMILES string of the molecule is CCc1nc(N(CC(=O)O)CC2CC2)cc(=O)[nH]1. The average molecular weight is 251 g/mol. The highest BCUT2D eigenvalue weighted by Gasteiger charge is 2.26. The van der Waals surface area contributed by atoms with Gasteiger partial charge in [-0.15, -0.1) is 0 Å². The van der Waals surface area contributed by atoms with Gasteiger partial charge in [-0.3, -0.25) is 9.59 Å². The summed E-state index contributed by atoms with van der Waals surface area (Å²) in [5.41, 5.74) is -0.233. The lowest BCUT2D eigenvalue weighted by Crippen LogP contribution is -2.33. The number of hydrogen-bond donors (Lipinski definition) is 2. The molecular formula is C12H17N3O3. The number of nitrogens with one attached hydrogen (secondary N) is 1. The van der Waals surface area contributed by atoms with Crippen LogP contribution < -0.4 is 10.5 Å². The summed E-state index contributed by atoms with van der Waals surface area (Å²) in [4.78, 5) is 31.0. The molecule has 1 aliphatic rings. The maximum Gasteiger partial charge on any atom is 0.323 e. The predicted octanol–water partition coefficient (Wildman–Crippen LogP) is 0.633. The Balaban J connectivity index is 2.24. The molecule has 0 radical (unpaired) electrons. The van der Waals surface area contributed by atoms with Crippen LogP contribution in [-0.2, 0) is 11.2 Å². The Morgan fingerprint density at radius 2 is 2.33 bits per heavy atom. The molecule has 0 bridgehead atoms. The topological polar surface area (TPSA) is 86.3 Å². The van der Waals surface area contributed by atoms with E-state index in [0.717, 1.165) is 12.8 Å². The van der Waals surface area contributed by atoms with Gasteiger partial charge in [-0.25, -0.2) is 4.98 Å². The average Bonchev–Trinajstić information content (AvgIpc) is 3.10.